The van der Waals surface area contributed by atoms with E-state index in [0.29, 0.717) is 0 Å². The Morgan fingerprint density at radius 3 is 2.60 bits per heavy atom. The summed E-state index contributed by atoms with van der Waals surface area (Å²) in [5.41, 5.74) is -2.53. The van der Waals surface area contributed by atoms with Gasteiger partial charge in [-0.05, 0) is 6.07 Å². The molecule has 1 fully saturated rings. The minimum atomic E-state index is -1.78. The number of hydrogen-bond acceptors (Lipinski definition) is 8. The van der Waals surface area contributed by atoms with E-state index in [9.17, 15) is 20.1 Å². The van der Waals surface area contributed by atoms with Gasteiger partial charge >= 0.3 is 5.69 Å². The Labute approximate surface area is 213 Å². The summed E-state index contributed by atoms with van der Waals surface area (Å²) in [6.07, 6.45) is 4.91. The molecular formula is C13H13Ac2N5O5. The summed E-state index contributed by atoms with van der Waals surface area (Å²) < 4.78 is 7.63. The second kappa shape index (κ2) is 9.48. The van der Waals surface area contributed by atoms with Crippen molar-refractivity contribution < 1.29 is 108 Å². The van der Waals surface area contributed by atoms with Crippen molar-refractivity contribution in [1.29, 1.82) is 0 Å². The average Bonchev–Trinajstić information content (AvgIpc) is 3.17. The van der Waals surface area contributed by atoms with Crippen molar-refractivity contribution in [2.24, 2.45) is 0 Å². The predicted octanol–water partition coefficient (Wildman–Crippen LogP) is -2.56. The fourth-order valence-corrected chi connectivity index (χ4v) is 2.36. The second-order valence-corrected chi connectivity index (χ2v) is 4.95. The average molecular weight is 773 g/mol. The summed E-state index contributed by atoms with van der Waals surface area (Å²) in [6.45, 7) is -0.711. The Morgan fingerprint density at radius 2 is 2.12 bits per heavy atom. The summed E-state index contributed by atoms with van der Waals surface area (Å²) in [6, 6.07) is 1.45. The molecule has 0 bridgehead atoms. The minimum Gasteiger partial charge on any atom is -0.392 e. The summed E-state index contributed by atoms with van der Waals surface area (Å²) in [5.74, 6) is 2.34. The molecule has 0 spiro atoms. The number of nitrogens with zero attached hydrogens (tertiary/aromatic N) is 5. The topological polar surface area (TPSA) is 136 Å². The van der Waals surface area contributed by atoms with E-state index in [2.05, 4.69) is 21.0 Å². The van der Waals surface area contributed by atoms with Crippen molar-refractivity contribution >= 4 is 0 Å². The van der Waals surface area contributed by atoms with Gasteiger partial charge in [0.05, 0.1) is 6.61 Å². The smallest absolute Gasteiger partial charge is 0.351 e. The van der Waals surface area contributed by atoms with E-state index in [-0.39, 0.29) is 93.9 Å². The molecule has 0 aromatic carbocycles. The van der Waals surface area contributed by atoms with Gasteiger partial charge in [-0.3, -0.25) is 4.57 Å². The van der Waals surface area contributed by atoms with Gasteiger partial charge in [0, 0.05) is 94.3 Å². The molecule has 1 aliphatic rings. The quantitative estimate of drug-likeness (QED) is 0.291. The molecule has 2 unspecified atom stereocenters. The van der Waals surface area contributed by atoms with Crippen LogP contribution in [0, 0.1) is 100 Å². The Bertz CT molecular complexity index is 808. The van der Waals surface area contributed by atoms with Crippen LogP contribution in [0.3, 0.4) is 0 Å². The maximum Gasteiger partial charge on any atom is 0.351 e. The molecule has 3 heterocycles. The van der Waals surface area contributed by atoms with Gasteiger partial charge in [0.2, 0.25) is 0 Å². The molecular weight excluding hydrogens is 760 g/mol. The van der Waals surface area contributed by atoms with Crippen molar-refractivity contribution in [3.63, 3.8) is 0 Å². The predicted molar refractivity (Wildman–Crippen MR) is 74.2 cm³/mol. The van der Waals surface area contributed by atoms with Crippen LogP contribution in [0.15, 0.2) is 29.7 Å². The van der Waals surface area contributed by atoms with Gasteiger partial charge in [-0.2, -0.15) is 10.1 Å². The summed E-state index contributed by atoms with van der Waals surface area (Å²) in [4.78, 5) is 19.7. The largest absolute Gasteiger partial charge is 0.392 e. The van der Waals surface area contributed by atoms with Crippen LogP contribution in [-0.4, -0.2) is 64.1 Å². The van der Waals surface area contributed by atoms with Crippen LogP contribution in [0.2, 0.25) is 0 Å². The van der Waals surface area contributed by atoms with Gasteiger partial charge in [-0.15, -0.1) is 6.42 Å². The second-order valence-electron chi connectivity index (χ2n) is 4.95. The number of aliphatic hydroxyl groups excluding tert-OH is 3. The van der Waals surface area contributed by atoms with Crippen LogP contribution in [0.25, 0.3) is 5.82 Å². The minimum absolute atomic E-state index is 0. The fourth-order valence-electron chi connectivity index (χ4n) is 2.36. The Kier molecular flexibility index (Phi) is 8.86. The third-order valence-electron chi connectivity index (χ3n) is 3.65. The maximum absolute atomic E-state index is 12.2. The van der Waals surface area contributed by atoms with E-state index in [1.165, 1.54) is 29.6 Å². The summed E-state index contributed by atoms with van der Waals surface area (Å²) in [5, 5.41) is 33.3. The molecule has 2 aromatic heterocycles. The third kappa shape index (κ3) is 4.25. The van der Waals surface area contributed by atoms with Gasteiger partial charge in [0.15, 0.2) is 17.6 Å². The van der Waals surface area contributed by atoms with Crippen molar-refractivity contribution in [2.75, 3.05) is 6.61 Å². The van der Waals surface area contributed by atoms with Crippen LogP contribution in [0.1, 0.15) is 6.23 Å². The molecule has 3 rings (SSSR count). The van der Waals surface area contributed by atoms with E-state index in [1.807, 2.05) is 0 Å². The molecule has 2 radical (unpaired) electrons. The Morgan fingerprint density at radius 1 is 1.40 bits per heavy atom. The molecule has 3 N–H and O–H groups in total. The first-order valence-electron chi connectivity index (χ1n) is 6.59. The zero-order valence-electron chi connectivity index (χ0n) is 12.9. The van der Waals surface area contributed by atoms with E-state index in [0.717, 1.165) is 4.57 Å². The van der Waals surface area contributed by atoms with E-state index in [1.54, 1.807) is 0 Å². The molecule has 0 aliphatic carbocycles. The standard InChI is InChI=1S/C13H13N5O5.2Ac/c1-2-13(5-19)10(21)9(20)11(23-13)17-4-3-8(16-12(17)22)18-7-14-6-15-18;;/h1,3-4,6-7,9-11,19-21H,5H2;;/t9?,10?,11-,13-;;/m1../s1. The van der Waals surface area contributed by atoms with Crippen LogP contribution < -0.4 is 5.69 Å². The first kappa shape index (κ1) is 23.3. The molecule has 1 saturated heterocycles. The summed E-state index contributed by atoms with van der Waals surface area (Å²) in [7, 11) is 0. The summed E-state index contributed by atoms with van der Waals surface area (Å²) >= 11 is 0. The van der Waals surface area contributed by atoms with Gasteiger partial charge in [0.25, 0.3) is 0 Å². The number of ether oxygens (including phenoxy) is 1. The monoisotopic (exact) mass is 773 g/mol. The zero-order valence-corrected chi connectivity index (χ0v) is 22.4. The first-order valence-corrected chi connectivity index (χ1v) is 6.59. The van der Waals surface area contributed by atoms with Gasteiger partial charge < -0.3 is 20.1 Å². The molecule has 12 heteroatoms. The van der Waals surface area contributed by atoms with Crippen molar-refractivity contribution in [2.45, 2.75) is 24.0 Å². The van der Waals surface area contributed by atoms with Crippen molar-refractivity contribution in [3.05, 3.63) is 35.4 Å². The molecule has 0 saturated carbocycles. The zero-order chi connectivity index (χ0) is 16.6. The van der Waals surface area contributed by atoms with Crippen LogP contribution in [0.4, 0.5) is 0 Å². The number of rotatable bonds is 3. The van der Waals surface area contributed by atoms with Crippen molar-refractivity contribution in [3.8, 4) is 18.2 Å². The molecule has 4 atom stereocenters. The third-order valence-corrected chi connectivity index (χ3v) is 3.65. The van der Waals surface area contributed by atoms with Gasteiger partial charge in [0.1, 0.15) is 24.9 Å². The molecule has 0 amide bonds. The Hall–Kier alpha value is 0.303. The molecule has 1 aliphatic heterocycles. The molecule has 10 nitrogen and oxygen atoms in total. The number of terminal acetylenes is 1. The molecule has 25 heavy (non-hydrogen) atoms. The Balaban J connectivity index is 0.00000156. The number of aromatic nitrogens is 5. The van der Waals surface area contributed by atoms with Crippen molar-refractivity contribution in [1.82, 2.24) is 24.3 Å². The normalized spacial score (nSPS) is 27.8. The van der Waals surface area contributed by atoms with Crippen LogP contribution >= 0.6 is 0 Å². The van der Waals surface area contributed by atoms with E-state index >= 15 is 0 Å². The van der Waals surface area contributed by atoms with E-state index in [4.69, 9.17) is 11.2 Å². The van der Waals surface area contributed by atoms with E-state index < -0.39 is 36.3 Å². The maximum atomic E-state index is 12.2. The van der Waals surface area contributed by atoms with Gasteiger partial charge in [-0.1, -0.05) is 5.92 Å². The van der Waals surface area contributed by atoms with Gasteiger partial charge in [-0.25, -0.2) is 14.5 Å². The number of hydrogen-bond donors (Lipinski definition) is 3. The SMILES string of the molecule is C#C[C@]1(CO)O[C@@H](n2ccc(-n3cncn3)nc2=O)C(O)C1O.[Ac].[Ac]. The number of aliphatic hydroxyl groups is 3. The molecule has 126 valence electrons. The fraction of sp³-hybridized carbons (Fsp3) is 0.385. The van der Waals surface area contributed by atoms with Crippen LogP contribution in [-0.2, 0) is 4.74 Å². The first-order chi connectivity index (χ1) is 11.0. The van der Waals surface area contributed by atoms with Crippen LogP contribution in [0.5, 0.6) is 0 Å². The molecule has 2 aromatic rings.